The third kappa shape index (κ3) is 3.87. The van der Waals surface area contributed by atoms with Crippen LogP contribution < -0.4 is 10.6 Å². The molecule has 4 saturated carbocycles. The van der Waals surface area contributed by atoms with E-state index in [4.69, 9.17) is 9.98 Å². The van der Waals surface area contributed by atoms with E-state index in [2.05, 4.69) is 79.1 Å². The summed E-state index contributed by atoms with van der Waals surface area (Å²) in [6, 6.07) is 16.9. The lowest BCUT2D eigenvalue weighted by Crippen LogP contribution is -2.45. The average Bonchev–Trinajstić information content (AvgIpc) is 3.10. The van der Waals surface area contributed by atoms with Crippen molar-refractivity contribution in [3.8, 4) is 0 Å². The fraction of sp³-hybridized carbons (Fsp3) is 0.429. The number of aliphatic imine (C=N–C) groups is 2. The standard InChI is InChI=1S/C28H32N4/c1-18-3-7-23(8-4-18)29-26-27(30-24-9-5-19(2)6-10-24)32-25(31-26)17-28-14-20-11-21(15-28)13-22(12-20)16-28/h3-10,17,20-22H,11-16H2,1-2H3,(H,29,31)(H,30,32). The Hall–Kier alpha value is -2.88. The van der Waals surface area contributed by atoms with Gasteiger partial charge in [-0.05, 0) is 106 Å². The third-order valence-corrected chi connectivity index (χ3v) is 7.83. The van der Waals surface area contributed by atoms with Gasteiger partial charge in [-0.15, -0.1) is 0 Å². The quantitative estimate of drug-likeness (QED) is 0.576. The Kier molecular flexibility index (Phi) is 4.71. The Bertz CT molecular complexity index is 1000. The summed E-state index contributed by atoms with van der Waals surface area (Å²) in [6.45, 7) is 4.21. The van der Waals surface area contributed by atoms with Crippen molar-refractivity contribution in [2.24, 2.45) is 33.2 Å². The lowest BCUT2D eigenvalue weighted by Gasteiger charge is -2.55. The van der Waals surface area contributed by atoms with Gasteiger partial charge in [-0.25, -0.2) is 9.98 Å². The van der Waals surface area contributed by atoms with Crippen molar-refractivity contribution in [1.82, 2.24) is 0 Å². The highest BCUT2D eigenvalue weighted by Gasteiger charge is 2.50. The SMILES string of the molecule is Cc1ccc(NC2=NC(=CC34CC5CC(CC(C5)C3)C4)N=C2Nc2ccc(C)cc2)cc1. The first-order chi connectivity index (χ1) is 15.5. The molecule has 0 spiro atoms. The largest absolute Gasteiger partial charge is 0.337 e. The first-order valence-corrected chi connectivity index (χ1v) is 12.1. The summed E-state index contributed by atoms with van der Waals surface area (Å²) < 4.78 is 0. The van der Waals surface area contributed by atoms with Gasteiger partial charge in [0, 0.05) is 11.4 Å². The minimum atomic E-state index is 0.311. The van der Waals surface area contributed by atoms with E-state index in [0.717, 1.165) is 46.6 Å². The Morgan fingerprint density at radius 2 is 1.09 bits per heavy atom. The minimum absolute atomic E-state index is 0.311. The normalized spacial score (nSPS) is 30.2. The highest BCUT2D eigenvalue weighted by atomic mass is 15.2. The number of amidine groups is 2. The Balaban J connectivity index is 1.31. The van der Waals surface area contributed by atoms with Gasteiger partial charge in [0.2, 0.25) is 0 Å². The molecule has 5 aliphatic rings. The molecule has 0 radical (unpaired) electrons. The van der Waals surface area contributed by atoms with Crippen LogP contribution >= 0.6 is 0 Å². The summed E-state index contributed by atoms with van der Waals surface area (Å²) in [5.74, 6) is 5.22. The molecule has 2 aromatic rings. The summed E-state index contributed by atoms with van der Waals surface area (Å²) in [7, 11) is 0. The maximum Gasteiger partial charge on any atom is 0.176 e. The molecule has 32 heavy (non-hydrogen) atoms. The summed E-state index contributed by atoms with van der Waals surface area (Å²) in [5, 5.41) is 7.01. The monoisotopic (exact) mass is 424 g/mol. The highest BCUT2D eigenvalue weighted by molar-refractivity contribution is 6.50. The molecule has 4 heteroatoms. The van der Waals surface area contributed by atoms with Crippen molar-refractivity contribution in [3.63, 3.8) is 0 Å². The van der Waals surface area contributed by atoms with Crippen LogP contribution in [-0.4, -0.2) is 11.7 Å². The second-order valence-corrected chi connectivity index (χ2v) is 10.7. The number of nitrogens with one attached hydrogen (secondary N) is 2. The summed E-state index contributed by atoms with van der Waals surface area (Å²) in [6.07, 6.45) is 10.8. The van der Waals surface area contributed by atoms with Crippen LogP contribution in [0.25, 0.3) is 0 Å². The van der Waals surface area contributed by atoms with Crippen LogP contribution in [0.4, 0.5) is 11.4 Å². The van der Waals surface area contributed by atoms with E-state index in [1.165, 1.54) is 49.7 Å². The zero-order valence-corrected chi connectivity index (χ0v) is 19.1. The number of hydrogen-bond donors (Lipinski definition) is 2. The zero-order chi connectivity index (χ0) is 21.7. The number of aryl methyl sites for hydroxylation is 2. The lowest BCUT2D eigenvalue weighted by molar-refractivity contribution is -0.0241. The molecule has 0 atom stereocenters. The molecule has 0 aromatic heterocycles. The van der Waals surface area contributed by atoms with Crippen LogP contribution in [0.1, 0.15) is 49.7 Å². The number of rotatable bonds is 3. The van der Waals surface area contributed by atoms with Gasteiger partial charge < -0.3 is 10.6 Å². The number of benzene rings is 2. The van der Waals surface area contributed by atoms with Crippen LogP contribution in [0.3, 0.4) is 0 Å². The van der Waals surface area contributed by atoms with Crippen molar-refractivity contribution in [3.05, 3.63) is 71.6 Å². The second-order valence-electron chi connectivity index (χ2n) is 10.7. The maximum absolute atomic E-state index is 4.98. The molecule has 4 aliphatic carbocycles. The van der Waals surface area contributed by atoms with Gasteiger partial charge >= 0.3 is 0 Å². The molecule has 0 unspecified atom stereocenters. The van der Waals surface area contributed by atoms with E-state index in [9.17, 15) is 0 Å². The smallest absolute Gasteiger partial charge is 0.176 e. The number of anilines is 2. The van der Waals surface area contributed by atoms with E-state index in [1.54, 1.807) is 0 Å². The van der Waals surface area contributed by atoms with Gasteiger partial charge in [-0.2, -0.15) is 0 Å². The predicted molar refractivity (Wildman–Crippen MR) is 133 cm³/mol. The molecule has 2 N–H and O–H groups in total. The molecular formula is C28H32N4. The van der Waals surface area contributed by atoms with Crippen LogP contribution in [0.5, 0.6) is 0 Å². The van der Waals surface area contributed by atoms with Crippen LogP contribution in [-0.2, 0) is 0 Å². The van der Waals surface area contributed by atoms with Crippen LogP contribution in [0.15, 0.2) is 70.4 Å². The summed E-state index contributed by atoms with van der Waals surface area (Å²) in [5.41, 5.74) is 4.87. The number of allylic oxidation sites excluding steroid dienone is 1. The molecule has 7 rings (SSSR count). The van der Waals surface area contributed by atoms with Gasteiger partial charge in [0.1, 0.15) is 0 Å². The van der Waals surface area contributed by atoms with E-state index in [0.29, 0.717) is 5.41 Å². The number of hydrogen-bond acceptors (Lipinski definition) is 4. The van der Waals surface area contributed by atoms with Crippen molar-refractivity contribution in [2.75, 3.05) is 10.6 Å². The predicted octanol–water partition coefficient (Wildman–Crippen LogP) is 6.70. The molecule has 2 aromatic carbocycles. The minimum Gasteiger partial charge on any atom is -0.337 e. The highest BCUT2D eigenvalue weighted by Crippen LogP contribution is 2.61. The molecule has 4 nitrogen and oxygen atoms in total. The summed E-state index contributed by atoms with van der Waals surface area (Å²) >= 11 is 0. The van der Waals surface area contributed by atoms with Crippen LogP contribution in [0.2, 0.25) is 0 Å². The third-order valence-electron chi connectivity index (χ3n) is 7.83. The molecule has 4 fully saturated rings. The molecular weight excluding hydrogens is 392 g/mol. The van der Waals surface area contributed by atoms with Crippen molar-refractivity contribution in [1.29, 1.82) is 0 Å². The number of nitrogens with zero attached hydrogens (tertiary/aromatic N) is 2. The summed E-state index contributed by atoms with van der Waals surface area (Å²) in [4.78, 5) is 9.95. The van der Waals surface area contributed by atoms with Gasteiger partial charge in [0.25, 0.3) is 0 Å². The fourth-order valence-corrected chi connectivity index (χ4v) is 6.77. The van der Waals surface area contributed by atoms with Gasteiger partial charge in [0.15, 0.2) is 17.5 Å². The van der Waals surface area contributed by atoms with E-state index >= 15 is 0 Å². The Morgan fingerprint density at radius 1 is 0.688 bits per heavy atom. The first kappa shape index (κ1) is 19.8. The maximum atomic E-state index is 4.98. The molecule has 0 saturated heterocycles. The van der Waals surface area contributed by atoms with Crippen molar-refractivity contribution >= 4 is 23.0 Å². The Labute approximate surface area is 191 Å². The molecule has 4 bridgehead atoms. The van der Waals surface area contributed by atoms with Gasteiger partial charge in [-0.3, -0.25) is 0 Å². The van der Waals surface area contributed by atoms with E-state index in [1.807, 2.05) is 0 Å². The molecule has 1 heterocycles. The lowest BCUT2D eigenvalue weighted by atomic mass is 9.49. The average molecular weight is 425 g/mol. The first-order valence-electron chi connectivity index (χ1n) is 12.1. The Morgan fingerprint density at radius 3 is 1.50 bits per heavy atom. The van der Waals surface area contributed by atoms with Crippen molar-refractivity contribution < 1.29 is 0 Å². The fourth-order valence-electron chi connectivity index (χ4n) is 6.77. The second kappa shape index (κ2) is 7.61. The molecule has 0 amide bonds. The van der Waals surface area contributed by atoms with Gasteiger partial charge in [0.05, 0.1) is 0 Å². The van der Waals surface area contributed by atoms with Crippen LogP contribution in [0, 0.1) is 37.0 Å². The van der Waals surface area contributed by atoms with Gasteiger partial charge in [-0.1, -0.05) is 35.4 Å². The van der Waals surface area contributed by atoms with E-state index in [-0.39, 0.29) is 0 Å². The van der Waals surface area contributed by atoms with E-state index < -0.39 is 0 Å². The molecule has 1 aliphatic heterocycles. The van der Waals surface area contributed by atoms with Crippen molar-refractivity contribution in [2.45, 2.75) is 52.4 Å². The topological polar surface area (TPSA) is 48.8 Å². The molecule has 164 valence electrons. The zero-order valence-electron chi connectivity index (χ0n) is 19.1.